The second kappa shape index (κ2) is 4.17. The number of hydrogen-bond acceptors (Lipinski definition) is 4. The number of carbonyl (C=O) groups is 1. The lowest BCUT2D eigenvalue weighted by atomic mass is 10.0. The van der Waals surface area contributed by atoms with Crippen LogP contribution >= 0.6 is 0 Å². The van der Waals surface area contributed by atoms with Crippen molar-refractivity contribution in [3.05, 3.63) is 42.0 Å². The van der Waals surface area contributed by atoms with E-state index in [1.165, 1.54) is 30.3 Å². The molecule has 0 unspecified atom stereocenters. The largest absolute Gasteiger partial charge is 0.508 e. The van der Waals surface area contributed by atoms with E-state index in [2.05, 4.69) is 0 Å². The summed E-state index contributed by atoms with van der Waals surface area (Å²) >= 11 is 0. The highest BCUT2D eigenvalue weighted by molar-refractivity contribution is 5.82. The maximum atomic E-state index is 10.5. The van der Waals surface area contributed by atoms with E-state index >= 15 is 0 Å². The third-order valence-corrected chi connectivity index (χ3v) is 2.45. The van der Waals surface area contributed by atoms with Gasteiger partial charge in [0.25, 0.3) is 0 Å². The molecule has 0 fully saturated rings. The summed E-state index contributed by atoms with van der Waals surface area (Å²) in [5.41, 5.74) is 1.22. The molecule has 2 aromatic rings. The maximum Gasteiger partial charge on any atom is 0.153 e. The molecular weight excluding hydrogens is 220 g/mol. The molecule has 0 amide bonds. The summed E-state index contributed by atoms with van der Waals surface area (Å²) in [7, 11) is 0. The maximum absolute atomic E-state index is 10.5. The van der Waals surface area contributed by atoms with E-state index < -0.39 is 0 Å². The Kier molecular flexibility index (Phi) is 2.70. The van der Waals surface area contributed by atoms with E-state index in [1.54, 1.807) is 6.07 Å². The molecule has 0 saturated heterocycles. The van der Waals surface area contributed by atoms with Crippen LogP contribution in [0.4, 0.5) is 0 Å². The van der Waals surface area contributed by atoms with Gasteiger partial charge in [-0.15, -0.1) is 0 Å². The number of aromatic hydroxyl groups is 3. The molecule has 2 aromatic carbocycles. The van der Waals surface area contributed by atoms with E-state index in [0.717, 1.165) is 0 Å². The van der Waals surface area contributed by atoms with Gasteiger partial charge in [0.15, 0.2) is 6.29 Å². The Hall–Kier alpha value is -2.49. The van der Waals surface area contributed by atoms with Crippen molar-refractivity contribution in [1.29, 1.82) is 0 Å². The number of hydrogen-bond donors (Lipinski definition) is 3. The van der Waals surface area contributed by atoms with Crippen LogP contribution in [0.1, 0.15) is 10.4 Å². The number of aldehydes is 1. The molecule has 4 nitrogen and oxygen atoms in total. The van der Waals surface area contributed by atoms with Crippen LogP contribution in [0.2, 0.25) is 0 Å². The molecule has 17 heavy (non-hydrogen) atoms. The Bertz CT molecular complexity index is 576. The molecule has 0 heterocycles. The first-order valence-electron chi connectivity index (χ1n) is 4.92. The standard InChI is InChI=1S/C13H10O4/c14-7-9-2-1-8(5-12(9)16)11-4-3-10(15)6-13(11)17/h1-7,15-17H. The van der Waals surface area contributed by atoms with Crippen LogP contribution in [-0.2, 0) is 0 Å². The fraction of sp³-hybridized carbons (Fsp3) is 0. The predicted molar refractivity (Wildman–Crippen MR) is 62.3 cm³/mol. The van der Waals surface area contributed by atoms with Crippen LogP contribution in [0.3, 0.4) is 0 Å². The minimum atomic E-state index is -0.148. The average molecular weight is 230 g/mol. The van der Waals surface area contributed by atoms with E-state index in [1.807, 2.05) is 0 Å². The van der Waals surface area contributed by atoms with E-state index in [0.29, 0.717) is 17.4 Å². The molecule has 4 heteroatoms. The molecule has 0 radical (unpaired) electrons. The quantitative estimate of drug-likeness (QED) is 0.691. The summed E-state index contributed by atoms with van der Waals surface area (Å²) in [6, 6.07) is 8.62. The normalized spacial score (nSPS) is 10.1. The highest BCUT2D eigenvalue weighted by Gasteiger charge is 2.08. The van der Waals surface area contributed by atoms with Crippen LogP contribution in [0.15, 0.2) is 36.4 Å². The van der Waals surface area contributed by atoms with Gasteiger partial charge in [0.1, 0.15) is 17.2 Å². The van der Waals surface area contributed by atoms with Gasteiger partial charge in [-0.2, -0.15) is 0 Å². The first-order chi connectivity index (χ1) is 8.11. The lowest BCUT2D eigenvalue weighted by Crippen LogP contribution is -1.84. The molecule has 2 rings (SSSR count). The minimum Gasteiger partial charge on any atom is -0.508 e. The zero-order valence-electron chi connectivity index (χ0n) is 8.79. The molecule has 86 valence electrons. The van der Waals surface area contributed by atoms with Crippen molar-refractivity contribution in [2.45, 2.75) is 0 Å². The van der Waals surface area contributed by atoms with Gasteiger partial charge in [-0.3, -0.25) is 4.79 Å². The third-order valence-electron chi connectivity index (χ3n) is 2.45. The molecular formula is C13H10O4. The van der Waals surface area contributed by atoms with Crippen molar-refractivity contribution in [3.63, 3.8) is 0 Å². The fourth-order valence-electron chi connectivity index (χ4n) is 1.58. The topological polar surface area (TPSA) is 77.8 Å². The Morgan fingerprint density at radius 3 is 2.24 bits per heavy atom. The number of phenols is 3. The zero-order valence-corrected chi connectivity index (χ0v) is 8.79. The van der Waals surface area contributed by atoms with Crippen molar-refractivity contribution in [2.75, 3.05) is 0 Å². The van der Waals surface area contributed by atoms with Crippen molar-refractivity contribution >= 4 is 6.29 Å². The van der Waals surface area contributed by atoms with E-state index in [-0.39, 0.29) is 22.8 Å². The lowest BCUT2D eigenvalue weighted by molar-refractivity contribution is 0.112. The van der Waals surface area contributed by atoms with Crippen molar-refractivity contribution in [2.24, 2.45) is 0 Å². The highest BCUT2D eigenvalue weighted by Crippen LogP contribution is 2.34. The van der Waals surface area contributed by atoms with Gasteiger partial charge < -0.3 is 15.3 Å². The second-order valence-electron chi connectivity index (χ2n) is 3.59. The smallest absolute Gasteiger partial charge is 0.153 e. The van der Waals surface area contributed by atoms with Crippen molar-refractivity contribution < 1.29 is 20.1 Å². The summed E-state index contributed by atoms with van der Waals surface area (Å²) in [5.74, 6) is -0.284. The molecule has 0 aliphatic carbocycles. The Morgan fingerprint density at radius 1 is 0.882 bits per heavy atom. The molecule has 0 saturated carbocycles. The summed E-state index contributed by atoms with van der Waals surface area (Å²) < 4.78 is 0. The molecule has 0 spiro atoms. The first-order valence-corrected chi connectivity index (χ1v) is 4.92. The monoisotopic (exact) mass is 230 g/mol. The van der Waals surface area contributed by atoms with Crippen LogP contribution in [-0.4, -0.2) is 21.6 Å². The Balaban J connectivity index is 2.53. The van der Waals surface area contributed by atoms with Crippen LogP contribution in [0, 0.1) is 0 Å². The number of phenolic OH excluding ortho intramolecular Hbond substituents is 3. The molecule has 3 N–H and O–H groups in total. The van der Waals surface area contributed by atoms with Gasteiger partial charge in [-0.1, -0.05) is 6.07 Å². The number of benzene rings is 2. The van der Waals surface area contributed by atoms with Gasteiger partial charge in [0, 0.05) is 11.6 Å². The van der Waals surface area contributed by atoms with Gasteiger partial charge in [0.2, 0.25) is 0 Å². The first kappa shape index (κ1) is 11.0. The zero-order chi connectivity index (χ0) is 12.4. The van der Waals surface area contributed by atoms with Gasteiger partial charge in [-0.25, -0.2) is 0 Å². The lowest BCUT2D eigenvalue weighted by Gasteiger charge is -2.06. The second-order valence-corrected chi connectivity index (χ2v) is 3.59. The minimum absolute atomic E-state index is 0.0417. The SMILES string of the molecule is O=Cc1ccc(-c2ccc(O)cc2O)cc1O. The summed E-state index contributed by atoms with van der Waals surface area (Å²) in [5, 5.41) is 28.4. The molecule has 0 atom stereocenters. The average Bonchev–Trinajstić information content (AvgIpc) is 2.29. The molecule has 0 bridgehead atoms. The predicted octanol–water partition coefficient (Wildman–Crippen LogP) is 2.28. The van der Waals surface area contributed by atoms with E-state index in [9.17, 15) is 15.0 Å². The van der Waals surface area contributed by atoms with Crippen molar-refractivity contribution in [3.8, 4) is 28.4 Å². The summed E-state index contributed by atoms with van der Waals surface area (Å²) in [6.07, 6.45) is 0.551. The third kappa shape index (κ3) is 2.06. The molecule has 0 aromatic heterocycles. The summed E-state index contributed by atoms with van der Waals surface area (Å²) in [6.45, 7) is 0. The Labute approximate surface area is 97.4 Å². The number of carbonyl (C=O) groups excluding carboxylic acids is 1. The van der Waals surface area contributed by atoms with Gasteiger partial charge in [0.05, 0.1) is 5.56 Å². The Morgan fingerprint density at radius 2 is 1.65 bits per heavy atom. The number of rotatable bonds is 2. The van der Waals surface area contributed by atoms with Gasteiger partial charge >= 0.3 is 0 Å². The van der Waals surface area contributed by atoms with Crippen LogP contribution in [0.25, 0.3) is 11.1 Å². The van der Waals surface area contributed by atoms with Crippen LogP contribution in [0.5, 0.6) is 17.2 Å². The summed E-state index contributed by atoms with van der Waals surface area (Å²) in [4.78, 5) is 10.5. The fourth-order valence-corrected chi connectivity index (χ4v) is 1.58. The van der Waals surface area contributed by atoms with Gasteiger partial charge in [-0.05, 0) is 29.8 Å². The van der Waals surface area contributed by atoms with Crippen molar-refractivity contribution in [1.82, 2.24) is 0 Å². The van der Waals surface area contributed by atoms with Crippen LogP contribution < -0.4 is 0 Å². The molecule has 0 aliphatic rings. The van der Waals surface area contributed by atoms with E-state index in [4.69, 9.17) is 5.11 Å². The highest BCUT2D eigenvalue weighted by atomic mass is 16.3. The molecule has 0 aliphatic heterocycles.